The molecule has 1 N–H and O–H groups in total. The highest BCUT2D eigenvalue weighted by molar-refractivity contribution is 5.99. The molecule has 1 atom stereocenters. The van der Waals surface area contributed by atoms with E-state index in [1.807, 2.05) is 6.92 Å². The Balaban J connectivity index is 2.38. The van der Waals surface area contributed by atoms with Gasteiger partial charge in [0.05, 0.1) is 24.2 Å². The van der Waals surface area contributed by atoms with Gasteiger partial charge in [-0.2, -0.15) is 0 Å². The first-order valence-electron chi connectivity index (χ1n) is 6.93. The van der Waals surface area contributed by atoms with E-state index < -0.39 is 4.92 Å². The van der Waals surface area contributed by atoms with Crippen molar-refractivity contribution in [2.45, 2.75) is 19.4 Å². The Bertz CT molecular complexity index is 547. The number of nitrogens with zero attached hydrogens (tertiary/aromatic N) is 2. The summed E-state index contributed by atoms with van der Waals surface area (Å²) in [6, 6.07) is 4.44. The zero-order chi connectivity index (χ0) is 15.4. The maximum Gasteiger partial charge on any atom is 0.282 e. The number of rotatable bonds is 4. The molecule has 1 heterocycles. The predicted molar refractivity (Wildman–Crippen MR) is 78.6 cm³/mol. The van der Waals surface area contributed by atoms with Gasteiger partial charge < -0.3 is 15.0 Å². The van der Waals surface area contributed by atoms with E-state index in [0.29, 0.717) is 25.4 Å². The van der Waals surface area contributed by atoms with Gasteiger partial charge in [0, 0.05) is 25.3 Å². The van der Waals surface area contributed by atoms with Gasteiger partial charge in [-0.15, -0.1) is 0 Å². The largest absolute Gasteiger partial charge is 0.388 e. The van der Waals surface area contributed by atoms with Crippen molar-refractivity contribution in [1.82, 2.24) is 4.90 Å². The summed E-state index contributed by atoms with van der Waals surface area (Å²) >= 11 is 0. The highest BCUT2D eigenvalue weighted by atomic mass is 16.6. The maximum absolute atomic E-state index is 12.7. The molecule has 0 radical (unpaired) electrons. The highest BCUT2D eigenvalue weighted by Gasteiger charge is 2.31. The molecule has 0 bridgehead atoms. The lowest BCUT2D eigenvalue weighted by Gasteiger charge is -2.35. The smallest absolute Gasteiger partial charge is 0.282 e. The summed E-state index contributed by atoms with van der Waals surface area (Å²) in [6.45, 7) is 3.36. The van der Waals surface area contributed by atoms with E-state index in [0.717, 1.165) is 6.42 Å². The van der Waals surface area contributed by atoms with Crippen molar-refractivity contribution in [1.29, 1.82) is 0 Å². The zero-order valence-electron chi connectivity index (χ0n) is 12.2. The van der Waals surface area contributed by atoms with E-state index in [1.165, 1.54) is 12.1 Å². The van der Waals surface area contributed by atoms with E-state index in [9.17, 15) is 14.9 Å². The minimum absolute atomic E-state index is 0.0379. The normalized spacial score (nSPS) is 18.4. The first-order valence-corrected chi connectivity index (χ1v) is 6.93. The second-order valence-corrected chi connectivity index (χ2v) is 4.87. The van der Waals surface area contributed by atoms with E-state index in [1.54, 1.807) is 18.0 Å². The summed E-state index contributed by atoms with van der Waals surface area (Å²) in [5.41, 5.74) is 0.623. The Morgan fingerprint density at radius 3 is 2.95 bits per heavy atom. The third-order valence-corrected chi connectivity index (χ3v) is 3.67. The molecule has 0 spiro atoms. The van der Waals surface area contributed by atoms with Crippen LogP contribution in [0, 0.1) is 10.1 Å². The Kier molecular flexibility index (Phi) is 4.74. The number of anilines is 1. The fraction of sp³-hybridized carbons (Fsp3) is 0.500. The lowest BCUT2D eigenvalue weighted by molar-refractivity contribution is -0.385. The minimum atomic E-state index is -0.520. The molecule has 1 unspecified atom stereocenters. The number of nitro benzene ring substituents is 1. The number of carbonyl (C=O) groups excluding carboxylic acids is 1. The Labute approximate surface area is 123 Å². The Hall–Kier alpha value is -2.15. The zero-order valence-corrected chi connectivity index (χ0v) is 12.2. The van der Waals surface area contributed by atoms with Gasteiger partial charge in [0.15, 0.2) is 0 Å². The summed E-state index contributed by atoms with van der Waals surface area (Å²) in [4.78, 5) is 25.0. The van der Waals surface area contributed by atoms with Crippen LogP contribution in [0.1, 0.15) is 23.7 Å². The monoisotopic (exact) mass is 293 g/mol. The van der Waals surface area contributed by atoms with Gasteiger partial charge in [-0.25, -0.2) is 0 Å². The van der Waals surface area contributed by atoms with Gasteiger partial charge in [0.2, 0.25) is 0 Å². The quantitative estimate of drug-likeness (QED) is 0.677. The molecule has 1 aliphatic rings. The van der Waals surface area contributed by atoms with Crippen LogP contribution in [-0.4, -0.2) is 48.6 Å². The molecule has 114 valence electrons. The van der Waals surface area contributed by atoms with Crippen LogP contribution >= 0.6 is 0 Å². The Morgan fingerprint density at radius 1 is 1.57 bits per heavy atom. The summed E-state index contributed by atoms with van der Waals surface area (Å²) in [5, 5.41) is 14.0. The topological polar surface area (TPSA) is 84.7 Å². The van der Waals surface area contributed by atoms with Gasteiger partial charge in [-0.1, -0.05) is 6.92 Å². The van der Waals surface area contributed by atoms with Crippen LogP contribution in [0.3, 0.4) is 0 Å². The third-order valence-electron chi connectivity index (χ3n) is 3.67. The molecule has 0 aliphatic carbocycles. The number of hydrogen-bond donors (Lipinski definition) is 1. The van der Waals surface area contributed by atoms with Crippen LogP contribution in [0.5, 0.6) is 0 Å². The van der Waals surface area contributed by atoms with Crippen LogP contribution in [0.15, 0.2) is 18.2 Å². The molecule has 0 saturated carbocycles. The van der Waals surface area contributed by atoms with Crippen molar-refractivity contribution < 1.29 is 14.5 Å². The van der Waals surface area contributed by atoms with E-state index in [4.69, 9.17) is 4.74 Å². The Morgan fingerprint density at radius 2 is 2.33 bits per heavy atom. The maximum atomic E-state index is 12.7. The second kappa shape index (κ2) is 6.53. The number of morpholine rings is 1. The molecule has 1 amide bonds. The number of hydrogen-bond acceptors (Lipinski definition) is 5. The average Bonchev–Trinajstić information content (AvgIpc) is 2.53. The van der Waals surface area contributed by atoms with Gasteiger partial charge in [-0.3, -0.25) is 14.9 Å². The van der Waals surface area contributed by atoms with Crippen molar-refractivity contribution in [2.24, 2.45) is 0 Å². The lowest BCUT2D eigenvalue weighted by Crippen LogP contribution is -2.48. The SMILES string of the molecule is CCC1COCCN1C(=O)c1cc(NC)ccc1[N+](=O)[O-]. The first-order chi connectivity index (χ1) is 10.1. The molecule has 7 heteroatoms. The molecule has 1 fully saturated rings. The van der Waals surface area contributed by atoms with Crippen LogP contribution in [-0.2, 0) is 4.74 Å². The number of carbonyl (C=O) groups is 1. The standard InChI is InChI=1S/C14H19N3O4/c1-3-11-9-21-7-6-16(11)14(18)12-8-10(15-2)4-5-13(12)17(19)20/h4-5,8,11,15H,3,6-7,9H2,1-2H3. The summed E-state index contributed by atoms with van der Waals surface area (Å²) in [7, 11) is 1.71. The van der Waals surface area contributed by atoms with Crippen molar-refractivity contribution in [2.75, 3.05) is 32.1 Å². The lowest BCUT2D eigenvalue weighted by atomic mass is 10.1. The molecular weight excluding hydrogens is 274 g/mol. The van der Waals surface area contributed by atoms with E-state index >= 15 is 0 Å². The fourth-order valence-corrected chi connectivity index (χ4v) is 2.44. The van der Waals surface area contributed by atoms with Gasteiger partial charge in [0.1, 0.15) is 5.56 Å². The van der Waals surface area contributed by atoms with Gasteiger partial charge in [-0.05, 0) is 18.6 Å². The first kappa shape index (κ1) is 15.2. The number of nitro groups is 1. The third kappa shape index (κ3) is 3.13. The number of benzene rings is 1. The average molecular weight is 293 g/mol. The molecular formula is C14H19N3O4. The van der Waals surface area contributed by atoms with Gasteiger partial charge >= 0.3 is 0 Å². The summed E-state index contributed by atoms with van der Waals surface area (Å²) < 4.78 is 5.37. The molecule has 1 aliphatic heterocycles. The number of nitrogens with one attached hydrogen (secondary N) is 1. The van der Waals surface area contributed by atoms with Crippen molar-refractivity contribution in [3.05, 3.63) is 33.9 Å². The minimum Gasteiger partial charge on any atom is -0.388 e. The van der Waals surface area contributed by atoms with Crippen LogP contribution in [0.4, 0.5) is 11.4 Å². The molecule has 7 nitrogen and oxygen atoms in total. The summed E-state index contributed by atoms with van der Waals surface area (Å²) in [5.74, 6) is -0.311. The van der Waals surface area contributed by atoms with Crippen molar-refractivity contribution >= 4 is 17.3 Å². The number of ether oxygens (including phenoxy) is 1. The van der Waals surface area contributed by atoms with E-state index in [2.05, 4.69) is 5.32 Å². The molecule has 1 aromatic carbocycles. The molecule has 2 rings (SSSR count). The molecule has 21 heavy (non-hydrogen) atoms. The van der Waals surface area contributed by atoms with Gasteiger partial charge in [0.25, 0.3) is 11.6 Å². The van der Waals surface area contributed by atoms with Crippen LogP contribution in [0.2, 0.25) is 0 Å². The van der Waals surface area contributed by atoms with Crippen molar-refractivity contribution in [3.63, 3.8) is 0 Å². The fourth-order valence-electron chi connectivity index (χ4n) is 2.44. The molecule has 1 saturated heterocycles. The van der Waals surface area contributed by atoms with Crippen LogP contribution < -0.4 is 5.32 Å². The second-order valence-electron chi connectivity index (χ2n) is 4.87. The molecule has 0 aromatic heterocycles. The highest BCUT2D eigenvalue weighted by Crippen LogP contribution is 2.25. The molecule has 1 aromatic rings. The van der Waals surface area contributed by atoms with Crippen LogP contribution in [0.25, 0.3) is 0 Å². The predicted octanol–water partition coefficient (Wildman–Crippen LogP) is 1.89. The summed E-state index contributed by atoms with van der Waals surface area (Å²) in [6.07, 6.45) is 0.755. The number of amides is 1. The van der Waals surface area contributed by atoms with Crippen molar-refractivity contribution in [3.8, 4) is 0 Å². The van der Waals surface area contributed by atoms with E-state index in [-0.39, 0.29) is 23.2 Å².